The molecular formula is C17H9BrCl2N2O5S. The molecule has 28 heavy (non-hydrogen) atoms. The predicted molar refractivity (Wildman–Crippen MR) is 110 cm³/mol. The number of rotatable bonds is 4. The van der Waals surface area contributed by atoms with Crippen LogP contribution < -0.4 is 0 Å². The zero-order valence-corrected chi connectivity index (χ0v) is 17.6. The number of nitro benzene ring substituents is 1. The molecule has 1 aliphatic rings. The molecule has 0 unspecified atom stereocenters. The minimum absolute atomic E-state index is 0.0101. The molecule has 2 aromatic rings. The van der Waals surface area contributed by atoms with Gasteiger partial charge in [0.1, 0.15) is 0 Å². The van der Waals surface area contributed by atoms with Crippen LogP contribution in [0.3, 0.4) is 0 Å². The van der Waals surface area contributed by atoms with E-state index in [0.717, 1.165) is 11.0 Å². The molecule has 144 valence electrons. The quantitative estimate of drug-likeness (QED) is 0.330. The van der Waals surface area contributed by atoms with Gasteiger partial charge in [-0.3, -0.25) is 24.6 Å². The lowest BCUT2D eigenvalue weighted by atomic mass is 10.1. The van der Waals surface area contributed by atoms with Crippen LogP contribution in [0.1, 0.15) is 11.1 Å². The van der Waals surface area contributed by atoms with Gasteiger partial charge in [0, 0.05) is 31.7 Å². The van der Waals surface area contributed by atoms with Crippen molar-refractivity contribution in [3.63, 3.8) is 0 Å². The molecule has 0 bridgehead atoms. The van der Waals surface area contributed by atoms with Crippen molar-refractivity contribution < 1.29 is 19.6 Å². The number of nitrogens with zero attached hydrogens (tertiary/aromatic N) is 2. The van der Waals surface area contributed by atoms with Gasteiger partial charge in [0.25, 0.3) is 11.1 Å². The van der Waals surface area contributed by atoms with E-state index in [2.05, 4.69) is 15.9 Å². The van der Waals surface area contributed by atoms with Gasteiger partial charge in [-0.25, -0.2) is 0 Å². The monoisotopic (exact) mass is 502 g/mol. The third-order valence-electron chi connectivity index (χ3n) is 3.82. The van der Waals surface area contributed by atoms with Crippen LogP contribution in [0.25, 0.3) is 6.08 Å². The van der Waals surface area contributed by atoms with Crippen molar-refractivity contribution in [2.75, 3.05) is 0 Å². The number of carbonyl (C=O) groups is 2. The van der Waals surface area contributed by atoms with Gasteiger partial charge in [0.05, 0.1) is 16.4 Å². The molecule has 2 aromatic carbocycles. The number of phenols is 1. The summed E-state index contributed by atoms with van der Waals surface area (Å²) in [6, 6.07) is 7.37. The molecule has 7 nitrogen and oxygen atoms in total. The van der Waals surface area contributed by atoms with Gasteiger partial charge in [-0.1, -0.05) is 45.2 Å². The summed E-state index contributed by atoms with van der Waals surface area (Å²) in [6.07, 6.45) is 1.23. The highest BCUT2D eigenvalue weighted by molar-refractivity contribution is 9.10. The van der Waals surface area contributed by atoms with E-state index in [-0.39, 0.29) is 17.0 Å². The van der Waals surface area contributed by atoms with Crippen molar-refractivity contribution >= 4 is 73.8 Å². The zero-order valence-electron chi connectivity index (χ0n) is 13.7. The Bertz CT molecular complexity index is 1040. The van der Waals surface area contributed by atoms with Gasteiger partial charge >= 0.3 is 5.69 Å². The van der Waals surface area contributed by atoms with Crippen LogP contribution in [0, 0.1) is 10.1 Å². The van der Waals surface area contributed by atoms with Gasteiger partial charge in [-0.05, 0) is 36.0 Å². The van der Waals surface area contributed by atoms with E-state index in [1.807, 2.05) is 0 Å². The average molecular weight is 504 g/mol. The van der Waals surface area contributed by atoms with E-state index in [4.69, 9.17) is 23.2 Å². The molecular weight excluding hydrogens is 495 g/mol. The number of benzene rings is 2. The van der Waals surface area contributed by atoms with Crippen molar-refractivity contribution in [2.24, 2.45) is 0 Å². The van der Waals surface area contributed by atoms with Crippen LogP contribution in [0.2, 0.25) is 10.0 Å². The maximum absolute atomic E-state index is 12.7. The fourth-order valence-corrected chi connectivity index (χ4v) is 4.28. The first-order chi connectivity index (χ1) is 13.2. The first-order valence-corrected chi connectivity index (χ1v) is 9.90. The van der Waals surface area contributed by atoms with Gasteiger partial charge in [0.2, 0.25) is 5.75 Å². The predicted octanol–water partition coefficient (Wildman–Crippen LogP) is 5.61. The molecule has 1 N–H and O–H groups in total. The fraction of sp³-hybridized carbons (Fsp3) is 0.0588. The second-order valence-corrected chi connectivity index (χ2v) is 8.31. The highest BCUT2D eigenvalue weighted by atomic mass is 79.9. The molecule has 1 aliphatic heterocycles. The Hall–Kier alpha value is -2.07. The number of carbonyl (C=O) groups excluding carboxylic acids is 2. The van der Waals surface area contributed by atoms with Crippen molar-refractivity contribution in [1.82, 2.24) is 4.90 Å². The van der Waals surface area contributed by atoms with Crippen LogP contribution in [-0.2, 0) is 11.3 Å². The summed E-state index contributed by atoms with van der Waals surface area (Å²) in [7, 11) is 0. The summed E-state index contributed by atoms with van der Waals surface area (Å²) in [6.45, 7) is -0.120. The second kappa shape index (κ2) is 8.12. The van der Waals surface area contributed by atoms with Crippen LogP contribution in [0.15, 0.2) is 39.7 Å². The molecule has 0 aliphatic carbocycles. The SMILES string of the molecule is O=C1S/C(=C\c2cc(Br)cc([N+](=O)[O-])c2O)C(=O)N1Cc1c(Cl)cccc1Cl. The normalized spacial score (nSPS) is 15.5. The fourth-order valence-electron chi connectivity index (χ4n) is 2.47. The number of thioether (sulfide) groups is 1. The van der Waals surface area contributed by atoms with E-state index in [0.29, 0.717) is 31.8 Å². The number of halogens is 3. The van der Waals surface area contributed by atoms with Gasteiger partial charge in [-0.2, -0.15) is 0 Å². The van der Waals surface area contributed by atoms with Crippen molar-refractivity contribution in [2.45, 2.75) is 6.54 Å². The third kappa shape index (κ3) is 4.02. The Kier molecular flexibility index (Phi) is 5.99. The lowest BCUT2D eigenvalue weighted by molar-refractivity contribution is -0.385. The van der Waals surface area contributed by atoms with Crippen LogP contribution in [0.4, 0.5) is 10.5 Å². The Labute approximate surface area is 181 Å². The molecule has 0 radical (unpaired) electrons. The summed E-state index contributed by atoms with van der Waals surface area (Å²) >= 11 is 16.0. The summed E-state index contributed by atoms with van der Waals surface area (Å²) in [5, 5.41) is 21.2. The van der Waals surface area contributed by atoms with E-state index in [1.54, 1.807) is 18.2 Å². The molecule has 1 heterocycles. The van der Waals surface area contributed by atoms with E-state index in [9.17, 15) is 24.8 Å². The molecule has 0 saturated carbocycles. The van der Waals surface area contributed by atoms with Crippen molar-refractivity contribution in [3.05, 3.63) is 71.0 Å². The molecule has 2 amide bonds. The summed E-state index contributed by atoms with van der Waals surface area (Å²) in [4.78, 5) is 36.2. The van der Waals surface area contributed by atoms with Gasteiger partial charge < -0.3 is 5.11 Å². The average Bonchev–Trinajstić information content (AvgIpc) is 2.87. The first-order valence-electron chi connectivity index (χ1n) is 7.54. The minimum atomic E-state index is -0.747. The number of imide groups is 1. The van der Waals surface area contributed by atoms with Crippen molar-refractivity contribution in [1.29, 1.82) is 0 Å². The highest BCUT2D eigenvalue weighted by Crippen LogP contribution is 2.39. The van der Waals surface area contributed by atoms with E-state index >= 15 is 0 Å². The first kappa shape index (κ1) is 20.7. The third-order valence-corrected chi connectivity index (χ3v) is 5.89. The van der Waals surface area contributed by atoms with Crippen molar-refractivity contribution in [3.8, 4) is 5.75 Å². The lowest BCUT2D eigenvalue weighted by Gasteiger charge is -2.14. The van der Waals surface area contributed by atoms with E-state index in [1.165, 1.54) is 12.1 Å². The number of hydrogen-bond acceptors (Lipinski definition) is 6. The minimum Gasteiger partial charge on any atom is -0.502 e. The van der Waals surface area contributed by atoms with Crippen LogP contribution >= 0.6 is 50.9 Å². The maximum atomic E-state index is 12.7. The molecule has 0 atom stereocenters. The Morgan fingerprint density at radius 3 is 2.50 bits per heavy atom. The lowest BCUT2D eigenvalue weighted by Crippen LogP contribution is -2.27. The number of hydrogen-bond donors (Lipinski definition) is 1. The number of nitro groups is 1. The Balaban J connectivity index is 1.95. The standard InChI is InChI=1S/C17H9BrCl2N2O5S/c18-9-4-8(15(23)13(6-9)22(26)27)5-14-16(24)21(17(25)28-14)7-10-11(19)2-1-3-12(10)20/h1-6,23H,7H2/b14-5-. The molecule has 0 aromatic heterocycles. The number of amides is 2. The van der Waals surface area contributed by atoms with Gasteiger partial charge in [0.15, 0.2) is 0 Å². The molecule has 11 heteroatoms. The molecule has 1 saturated heterocycles. The van der Waals surface area contributed by atoms with Crippen LogP contribution in [0.5, 0.6) is 5.75 Å². The number of aromatic hydroxyl groups is 1. The highest BCUT2D eigenvalue weighted by Gasteiger charge is 2.36. The van der Waals surface area contributed by atoms with Crippen LogP contribution in [-0.4, -0.2) is 26.1 Å². The Morgan fingerprint density at radius 2 is 1.89 bits per heavy atom. The Morgan fingerprint density at radius 1 is 1.25 bits per heavy atom. The molecule has 1 fully saturated rings. The second-order valence-electron chi connectivity index (χ2n) is 5.59. The number of phenolic OH excluding ortho intramolecular Hbond substituents is 1. The topological polar surface area (TPSA) is 101 Å². The maximum Gasteiger partial charge on any atom is 0.312 e. The zero-order chi connectivity index (χ0) is 20.6. The molecule has 3 rings (SSSR count). The smallest absolute Gasteiger partial charge is 0.312 e. The van der Waals surface area contributed by atoms with Gasteiger partial charge in [-0.15, -0.1) is 0 Å². The summed E-state index contributed by atoms with van der Waals surface area (Å²) < 4.78 is 0.338. The molecule has 0 spiro atoms. The van der Waals surface area contributed by atoms with E-state index < -0.39 is 27.5 Å². The largest absolute Gasteiger partial charge is 0.502 e. The summed E-state index contributed by atoms with van der Waals surface area (Å²) in [5.41, 5.74) is -0.0691. The summed E-state index contributed by atoms with van der Waals surface area (Å²) in [5.74, 6) is -1.22.